The summed E-state index contributed by atoms with van der Waals surface area (Å²) in [7, 11) is -3.16. The van der Waals surface area contributed by atoms with Crippen LogP contribution in [0.1, 0.15) is 51.4 Å². The van der Waals surface area contributed by atoms with Gasteiger partial charge in [0, 0.05) is 25.0 Å². The summed E-state index contributed by atoms with van der Waals surface area (Å²) in [4.78, 5) is 13.9. The highest BCUT2D eigenvalue weighted by atomic mass is 32.2. The van der Waals surface area contributed by atoms with Crippen molar-refractivity contribution in [1.82, 2.24) is 9.62 Å². The second-order valence-electron chi connectivity index (χ2n) is 6.92. The molecule has 0 aromatic heterocycles. The quantitative estimate of drug-likeness (QED) is 0.836. The van der Waals surface area contributed by atoms with Gasteiger partial charge in [-0.3, -0.25) is 4.79 Å². The fourth-order valence-corrected chi connectivity index (χ4v) is 5.39. The zero-order valence-corrected chi connectivity index (χ0v) is 13.4. The summed E-state index contributed by atoms with van der Waals surface area (Å²) in [5.74, 6) is 1.18. The van der Waals surface area contributed by atoms with E-state index in [2.05, 4.69) is 4.72 Å². The Labute approximate surface area is 127 Å². The Hall–Kier alpha value is -0.620. The van der Waals surface area contributed by atoms with E-state index >= 15 is 0 Å². The van der Waals surface area contributed by atoms with Crippen molar-refractivity contribution >= 4 is 15.9 Å². The van der Waals surface area contributed by atoms with E-state index in [-0.39, 0.29) is 23.6 Å². The molecule has 1 aliphatic heterocycles. The summed E-state index contributed by atoms with van der Waals surface area (Å²) < 4.78 is 27.3. The molecule has 0 atom stereocenters. The van der Waals surface area contributed by atoms with Gasteiger partial charge in [0.05, 0.1) is 5.75 Å². The second kappa shape index (κ2) is 6.24. The molecule has 2 aliphatic carbocycles. The van der Waals surface area contributed by atoms with Crippen LogP contribution in [-0.4, -0.2) is 44.1 Å². The Morgan fingerprint density at radius 2 is 1.62 bits per heavy atom. The fourth-order valence-electron chi connectivity index (χ4n) is 3.60. The van der Waals surface area contributed by atoms with Crippen molar-refractivity contribution in [1.29, 1.82) is 0 Å². The van der Waals surface area contributed by atoms with Gasteiger partial charge in [0.1, 0.15) is 0 Å². The molecule has 2 saturated carbocycles. The average molecular weight is 314 g/mol. The zero-order valence-electron chi connectivity index (χ0n) is 12.6. The van der Waals surface area contributed by atoms with E-state index in [1.54, 1.807) is 0 Å². The van der Waals surface area contributed by atoms with Crippen LogP contribution in [0.25, 0.3) is 0 Å². The Morgan fingerprint density at radius 1 is 1.00 bits per heavy atom. The number of nitrogens with one attached hydrogen (secondary N) is 1. The molecule has 0 aromatic rings. The third-order valence-corrected chi connectivity index (χ3v) is 6.61. The van der Waals surface area contributed by atoms with Gasteiger partial charge in [-0.2, -0.15) is 0 Å². The van der Waals surface area contributed by atoms with Crippen LogP contribution >= 0.6 is 0 Å². The van der Waals surface area contributed by atoms with E-state index in [4.69, 9.17) is 0 Å². The minimum absolute atomic E-state index is 0.0136. The van der Waals surface area contributed by atoms with Crippen LogP contribution in [0.3, 0.4) is 0 Å². The molecule has 5 nitrogen and oxygen atoms in total. The molecule has 1 heterocycles. The number of hydrogen-bond donors (Lipinski definition) is 1. The van der Waals surface area contributed by atoms with Gasteiger partial charge in [0.15, 0.2) is 0 Å². The lowest BCUT2D eigenvalue weighted by Crippen LogP contribution is -2.47. The lowest BCUT2D eigenvalue weighted by molar-refractivity contribution is -0.133. The first kappa shape index (κ1) is 15.3. The lowest BCUT2D eigenvalue weighted by Gasteiger charge is -2.32. The molecular weight excluding hydrogens is 288 g/mol. The topological polar surface area (TPSA) is 66.5 Å². The van der Waals surface area contributed by atoms with Crippen LogP contribution in [0.2, 0.25) is 0 Å². The molecule has 1 N–H and O–H groups in total. The Kier molecular flexibility index (Phi) is 4.54. The van der Waals surface area contributed by atoms with Crippen molar-refractivity contribution in [3.8, 4) is 0 Å². The number of likely N-dealkylation sites (tertiary alicyclic amines) is 1. The highest BCUT2D eigenvalue weighted by Gasteiger charge is 2.35. The van der Waals surface area contributed by atoms with Gasteiger partial charge in [0.25, 0.3) is 0 Å². The number of piperidine rings is 1. The molecular formula is C15H26N2O3S. The highest BCUT2D eigenvalue weighted by Crippen LogP contribution is 2.32. The molecule has 1 saturated heterocycles. The summed E-state index contributed by atoms with van der Waals surface area (Å²) in [6, 6.07) is 0.0136. The standard InChI is InChI=1S/C15H26N2O3S/c18-15(13-5-6-13)17-9-7-14(8-10-17)16-21(19,20)11-12-3-1-2-4-12/h12-14,16H,1-11H2. The van der Waals surface area contributed by atoms with Crippen molar-refractivity contribution in [2.75, 3.05) is 18.8 Å². The van der Waals surface area contributed by atoms with E-state index in [1.807, 2.05) is 4.90 Å². The van der Waals surface area contributed by atoms with Crippen LogP contribution in [0.15, 0.2) is 0 Å². The SMILES string of the molecule is O=C(C1CC1)N1CCC(NS(=O)(=O)CC2CCCC2)CC1. The molecule has 0 unspecified atom stereocenters. The first-order chi connectivity index (χ1) is 10.0. The van der Waals surface area contributed by atoms with Crippen molar-refractivity contribution in [2.24, 2.45) is 11.8 Å². The van der Waals surface area contributed by atoms with Crippen LogP contribution in [-0.2, 0) is 14.8 Å². The van der Waals surface area contributed by atoms with Gasteiger partial charge < -0.3 is 4.90 Å². The van der Waals surface area contributed by atoms with Gasteiger partial charge in [-0.25, -0.2) is 13.1 Å². The van der Waals surface area contributed by atoms with Crippen molar-refractivity contribution in [2.45, 2.75) is 57.4 Å². The Morgan fingerprint density at radius 3 is 2.19 bits per heavy atom. The number of nitrogens with zero attached hydrogens (tertiary/aromatic N) is 1. The van der Waals surface area contributed by atoms with Crippen LogP contribution < -0.4 is 4.72 Å². The lowest BCUT2D eigenvalue weighted by atomic mass is 10.1. The Balaban J connectivity index is 1.44. The number of sulfonamides is 1. The number of hydrogen-bond acceptors (Lipinski definition) is 3. The van der Waals surface area contributed by atoms with E-state index in [9.17, 15) is 13.2 Å². The van der Waals surface area contributed by atoms with E-state index in [1.165, 1.54) is 12.8 Å². The molecule has 3 aliphatic rings. The fraction of sp³-hybridized carbons (Fsp3) is 0.933. The van der Waals surface area contributed by atoms with E-state index in [0.29, 0.717) is 19.0 Å². The minimum Gasteiger partial charge on any atom is -0.342 e. The van der Waals surface area contributed by atoms with E-state index in [0.717, 1.165) is 38.5 Å². The smallest absolute Gasteiger partial charge is 0.225 e. The van der Waals surface area contributed by atoms with Gasteiger partial charge in [-0.1, -0.05) is 12.8 Å². The molecule has 1 amide bonds. The largest absolute Gasteiger partial charge is 0.342 e. The van der Waals surface area contributed by atoms with Gasteiger partial charge in [-0.05, 0) is 44.4 Å². The van der Waals surface area contributed by atoms with Gasteiger partial charge >= 0.3 is 0 Å². The van der Waals surface area contributed by atoms with Gasteiger partial charge in [-0.15, -0.1) is 0 Å². The van der Waals surface area contributed by atoms with Crippen molar-refractivity contribution in [3.05, 3.63) is 0 Å². The van der Waals surface area contributed by atoms with Crippen LogP contribution in [0.5, 0.6) is 0 Å². The third kappa shape index (κ3) is 4.19. The maximum atomic E-state index is 12.2. The number of amides is 1. The Bertz CT molecular complexity index is 473. The molecule has 0 bridgehead atoms. The summed E-state index contributed by atoms with van der Waals surface area (Å²) >= 11 is 0. The normalized spacial score (nSPS) is 25.4. The minimum atomic E-state index is -3.16. The highest BCUT2D eigenvalue weighted by molar-refractivity contribution is 7.89. The maximum Gasteiger partial charge on any atom is 0.225 e. The average Bonchev–Trinajstić information content (AvgIpc) is 3.17. The number of carbonyl (C=O) groups excluding carboxylic acids is 1. The second-order valence-corrected chi connectivity index (χ2v) is 8.72. The van der Waals surface area contributed by atoms with Crippen LogP contribution in [0, 0.1) is 11.8 Å². The monoisotopic (exact) mass is 314 g/mol. The first-order valence-electron chi connectivity index (χ1n) is 8.32. The maximum absolute atomic E-state index is 12.2. The molecule has 120 valence electrons. The van der Waals surface area contributed by atoms with Crippen molar-refractivity contribution < 1.29 is 13.2 Å². The molecule has 0 radical (unpaired) electrons. The number of carbonyl (C=O) groups is 1. The molecule has 0 aromatic carbocycles. The summed E-state index contributed by atoms with van der Waals surface area (Å²) in [5.41, 5.74) is 0. The van der Waals surface area contributed by atoms with Crippen molar-refractivity contribution in [3.63, 3.8) is 0 Å². The summed E-state index contributed by atoms with van der Waals surface area (Å²) in [6.45, 7) is 1.40. The predicted molar refractivity (Wildman–Crippen MR) is 81.2 cm³/mol. The summed E-state index contributed by atoms with van der Waals surface area (Å²) in [5, 5.41) is 0. The van der Waals surface area contributed by atoms with Gasteiger partial charge in [0.2, 0.25) is 15.9 Å². The molecule has 21 heavy (non-hydrogen) atoms. The molecule has 3 rings (SSSR count). The first-order valence-corrected chi connectivity index (χ1v) is 9.97. The zero-order chi connectivity index (χ0) is 14.9. The van der Waals surface area contributed by atoms with E-state index < -0.39 is 10.0 Å². The molecule has 0 spiro atoms. The van der Waals surface area contributed by atoms with Crippen LogP contribution in [0.4, 0.5) is 0 Å². The third-order valence-electron chi connectivity index (χ3n) is 5.01. The summed E-state index contributed by atoms with van der Waals surface area (Å²) in [6.07, 6.45) is 8.01. The predicted octanol–water partition coefficient (Wildman–Crippen LogP) is 1.50. The molecule has 6 heteroatoms. The molecule has 3 fully saturated rings. The number of rotatable bonds is 5.